The highest BCUT2D eigenvalue weighted by molar-refractivity contribution is 5.75. The van der Waals surface area contributed by atoms with Crippen molar-refractivity contribution in [3.63, 3.8) is 0 Å². The Hall–Kier alpha value is -3.01. The number of hydrogen-bond acceptors (Lipinski definition) is 5. The smallest absolute Gasteiger partial charge is 0.299 e. The Kier molecular flexibility index (Phi) is 4.95. The zero-order valence-electron chi connectivity index (χ0n) is 15.3. The van der Waals surface area contributed by atoms with E-state index in [0.29, 0.717) is 12.1 Å². The van der Waals surface area contributed by atoms with Crippen LogP contribution in [0, 0.1) is 10.1 Å². The van der Waals surface area contributed by atoms with E-state index in [-0.39, 0.29) is 17.2 Å². The molecular weight excluding hydrogens is 387 g/mol. The highest BCUT2D eigenvalue weighted by Crippen LogP contribution is 2.32. The van der Waals surface area contributed by atoms with Gasteiger partial charge in [0.05, 0.1) is 22.0 Å². The lowest BCUT2D eigenvalue weighted by atomic mass is 10.0. The van der Waals surface area contributed by atoms with Crippen LogP contribution in [0.15, 0.2) is 42.5 Å². The number of benzene rings is 2. The zero-order valence-corrected chi connectivity index (χ0v) is 15.3. The molecule has 3 aromatic rings. The summed E-state index contributed by atoms with van der Waals surface area (Å²) in [4.78, 5) is 12.6. The summed E-state index contributed by atoms with van der Waals surface area (Å²) < 4.78 is 40.3. The van der Waals surface area contributed by atoms with Crippen LogP contribution in [0.1, 0.15) is 30.0 Å². The average molecular weight is 405 g/mol. The van der Waals surface area contributed by atoms with Gasteiger partial charge >= 0.3 is 6.18 Å². The molecule has 0 atom stereocenters. The molecule has 10 heteroatoms. The van der Waals surface area contributed by atoms with Gasteiger partial charge in [-0.25, -0.2) is 4.68 Å². The van der Waals surface area contributed by atoms with Gasteiger partial charge in [-0.15, -0.1) is 5.10 Å². The van der Waals surface area contributed by atoms with Gasteiger partial charge in [-0.1, -0.05) is 17.3 Å². The van der Waals surface area contributed by atoms with E-state index in [2.05, 4.69) is 15.2 Å². The second-order valence-corrected chi connectivity index (χ2v) is 7.17. The van der Waals surface area contributed by atoms with Crippen molar-refractivity contribution in [1.29, 1.82) is 0 Å². The molecule has 1 aromatic heterocycles. The standard InChI is InChI=1S/C19H18F3N5O2/c20-19(21,22)14-3-6-18-17(11-14)23-24-26(18)15-7-9-25(10-8-15)12-13-1-4-16(5-2-13)27(28)29/h1-6,11,15H,7-10,12H2. The van der Waals surface area contributed by atoms with Crippen LogP contribution >= 0.6 is 0 Å². The van der Waals surface area contributed by atoms with Crippen LogP contribution in [0.5, 0.6) is 0 Å². The van der Waals surface area contributed by atoms with E-state index in [9.17, 15) is 23.3 Å². The number of alkyl halides is 3. The fourth-order valence-corrected chi connectivity index (χ4v) is 3.69. The Morgan fingerprint density at radius 1 is 1.10 bits per heavy atom. The lowest BCUT2D eigenvalue weighted by Gasteiger charge is -2.32. The predicted octanol–water partition coefficient (Wildman–Crippen LogP) is 4.20. The number of likely N-dealkylation sites (tertiary alicyclic amines) is 1. The van der Waals surface area contributed by atoms with Crippen LogP contribution in [0.25, 0.3) is 11.0 Å². The van der Waals surface area contributed by atoms with Gasteiger partial charge in [0, 0.05) is 31.8 Å². The summed E-state index contributed by atoms with van der Waals surface area (Å²) in [7, 11) is 0. The van der Waals surface area contributed by atoms with Gasteiger partial charge in [-0.2, -0.15) is 13.2 Å². The van der Waals surface area contributed by atoms with E-state index in [1.165, 1.54) is 18.2 Å². The van der Waals surface area contributed by atoms with E-state index in [4.69, 9.17) is 0 Å². The highest BCUT2D eigenvalue weighted by atomic mass is 19.4. The van der Waals surface area contributed by atoms with Crippen molar-refractivity contribution in [1.82, 2.24) is 19.9 Å². The molecule has 1 fully saturated rings. The van der Waals surface area contributed by atoms with Crippen molar-refractivity contribution < 1.29 is 18.1 Å². The number of fused-ring (bicyclic) bond motifs is 1. The molecule has 0 saturated carbocycles. The number of nitro benzene ring substituents is 1. The molecule has 0 radical (unpaired) electrons. The summed E-state index contributed by atoms with van der Waals surface area (Å²) in [6, 6.07) is 10.1. The third-order valence-electron chi connectivity index (χ3n) is 5.25. The Morgan fingerprint density at radius 3 is 2.41 bits per heavy atom. The van der Waals surface area contributed by atoms with E-state index in [0.717, 1.165) is 43.6 Å². The fraction of sp³-hybridized carbons (Fsp3) is 0.368. The normalized spacial score (nSPS) is 16.4. The lowest BCUT2D eigenvalue weighted by Crippen LogP contribution is -2.34. The molecule has 1 aliphatic rings. The average Bonchev–Trinajstić information content (AvgIpc) is 3.12. The van der Waals surface area contributed by atoms with Crippen LogP contribution in [-0.2, 0) is 12.7 Å². The van der Waals surface area contributed by atoms with Crippen molar-refractivity contribution in [2.45, 2.75) is 31.6 Å². The topological polar surface area (TPSA) is 77.1 Å². The van der Waals surface area contributed by atoms with Crippen molar-refractivity contribution in [2.75, 3.05) is 13.1 Å². The summed E-state index contributed by atoms with van der Waals surface area (Å²) in [5, 5.41) is 18.8. The second-order valence-electron chi connectivity index (χ2n) is 7.17. The molecule has 2 aromatic carbocycles. The van der Waals surface area contributed by atoms with Gasteiger partial charge in [0.25, 0.3) is 5.69 Å². The van der Waals surface area contributed by atoms with Gasteiger partial charge in [0.1, 0.15) is 5.52 Å². The predicted molar refractivity (Wildman–Crippen MR) is 99.2 cm³/mol. The molecule has 1 saturated heterocycles. The van der Waals surface area contributed by atoms with E-state index < -0.39 is 16.7 Å². The molecule has 1 aliphatic heterocycles. The first-order chi connectivity index (χ1) is 13.8. The third-order valence-corrected chi connectivity index (χ3v) is 5.25. The molecule has 4 rings (SSSR count). The molecule has 0 aliphatic carbocycles. The van der Waals surface area contributed by atoms with Gasteiger partial charge < -0.3 is 0 Å². The molecular formula is C19H18F3N5O2. The van der Waals surface area contributed by atoms with Gasteiger partial charge in [-0.3, -0.25) is 15.0 Å². The van der Waals surface area contributed by atoms with Gasteiger partial charge in [0.15, 0.2) is 0 Å². The molecule has 152 valence electrons. The molecule has 0 unspecified atom stereocenters. The number of nitro groups is 1. The molecule has 29 heavy (non-hydrogen) atoms. The summed E-state index contributed by atoms with van der Waals surface area (Å²) in [5.74, 6) is 0. The number of aromatic nitrogens is 3. The Morgan fingerprint density at radius 2 is 1.79 bits per heavy atom. The Balaban J connectivity index is 1.41. The summed E-state index contributed by atoms with van der Waals surface area (Å²) in [6.45, 7) is 2.28. The number of nitrogens with zero attached hydrogens (tertiary/aromatic N) is 5. The summed E-state index contributed by atoms with van der Waals surface area (Å²) in [6.07, 6.45) is -2.81. The van der Waals surface area contributed by atoms with Crippen LogP contribution in [0.3, 0.4) is 0 Å². The van der Waals surface area contributed by atoms with Crippen LogP contribution < -0.4 is 0 Å². The largest absolute Gasteiger partial charge is 0.416 e. The number of piperidine rings is 1. The van der Waals surface area contributed by atoms with Crippen molar-refractivity contribution in [3.05, 3.63) is 63.7 Å². The van der Waals surface area contributed by atoms with Gasteiger partial charge in [-0.05, 0) is 36.6 Å². The maximum absolute atomic E-state index is 12.9. The minimum Gasteiger partial charge on any atom is -0.299 e. The molecule has 2 heterocycles. The summed E-state index contributed by atoms with van der Waals surface area (Å²) >= 11 is 0. The van der Waals surface area contributed by atoms with Crippen LogP contribution in [-0.4, -0.2) is 37.9 Å². The quantitative estimate of drug-likeness (QED) is 0.480. The van der Waals surface area contributed by atoms with Crippen LogP contribution in [0.2, 0.25) is 0 Å². The molecule has 0 bridgehead atoms. The Labute approximate surface area is 163 Å². The molecule has 0 amide bonds. The van der Waals surface area contributed by atoms with Crippen molar-refractivity contribution in [2.24, 2.45) is 0 Å². The van der Waals surface area contributed by atoms with Gasteiger partial charge in [0.2, 0.25) is 0 Å². The minimum absolute atomic E-state index is 0.0687. The number of halogens is 3. The highest BCUT2D eigenvalue weighted by Gasteiger charge is 2.31. The second kappa shape index (κ2) is 7.43. The van der Waals surface area contributed by atoms with Crippen LogP contribution in [0.4, 0.5) is 18.9 Å². The van der Waals surface area contributed by atoms with E-state index in [1.54, 1.807) is 16.8 Å². The van der Waals surface area contributed by atoms with Crippen molar-refractivity contribution >= 4 is 16.7 Å². The Bertz CT molecular complexity index is 1020. The van der Waals surface area contributed by atoms with Crippen molar-refractivity contribution in [3.8, 4) is 0 Å². The fourth-order valence-electron chi connectivity index (χ4n) is 3.69. The first kappa shape index (κ1) is 19.3. The monoisotopic (exact) mass is 405 g/mol. The molecule has 0 N–H and O–H groups in total. The third kappa shape index (κ3) is 4.07. The SMILES string of the molecule is O=[N+]([O-])c1ccc(CN2CCC(n3nnc4cc(C(F)(F)F)ccc43)CC2)cc1. The lowest BCUT2D eigenvalue weighted by molar-refractivity contribution is -0.384. The zero-order chi connectivity index (χ0) is 20.6. The molecule has 0 spiro atoms. The number of non-ortho nitro benzene ring substituents is 1. The molecule has 7 nitrogen and oxygen atoms in total. The maximum atomic E-state index is 12.9. The number of rotatable bonds is 4. The minimum atomic E-state index is -4.40. The first-order valence-corrected chi connectivity index (χ1v) is 9.19. The maximum Gasteiger partial charge on any atom is 0.416 e. The van der Waals surface area contributed by atoms with E-state index >= 15 is 0 Å². The summed E-state index contributed by atoms with van der Waals surface area (Å²) in [5.41, 5.74) is 1.19. The van der Waals surface area contributed by atoms with E-state index in [1.807, 2.05) is 0 Å². The number of hydrogen-bond donors (Lipinski definition) is 0. The first-order valence-electron chi connectivity index (χ1n) is 9.19.